The van der Waals surface area contributed by atoms with Crippen molar-refractivity contribution in [2.45, 2.75) is 11.1 Å². The lowest BCUT2D eigenvalue weighted by Gasteiger charge is -2.05. The molecule has 2 rings (SSSR count). The molecule has 5 nitrogen and oxygen atoms in total. The molecule has 0 saturated heterocycles. The number of nitrogens with one attached hydrogen (secondary N) is 1. The topological polar surface area (TPSA) is 85.1 Å². The number of sulfonamides is 1. The van der Waals surface area contributed by atoms with Crippen LogP contribution in [0.15, 0.2) is 34.7 Å². The average molecular weight is 307 g/mol. The van der Waals surface area contributed by atoms with Crippen molar-refractivity contribution in [1.29, 1.82) is 0 Å². The highest BCUT2D eigenvalue weighted by Gasteiger charge is 2.16. The number of hydrogen-bond acceptors (Lipinski definition) is 5. The molecule has 7 heteroatoms. The number of nitrogens with zero attached hydrogens (tertiary/aromatic N) is 1. The number of benzene rings is 1. The zero-order valence-electron chi connectivity index (χ0n) is 10.8. The predicted octanol–water partition coefficient (Wildman–Crippen LogP) is 1.56. The predicted molar refractivity (Wildman–Crippen MR) is 80.0 cm³/mol. The minimum Gasteiger partial charge on any atom is -0.320 e. The SMILES string of the molecule is Cc1ncc(S(=O)(=O)Nc2ccc(C#CCN)cc2)s1. The number of anilines is 1. The Morgan fingerprint density at radius 3 is 2.60 bits per heavy atom. The largest absolute Gasteiger partial charge is 0.320 e. The standard InChI is InChI=1S/C13H13N3O2S2/c1-10-15-9-13(19-10)20(17,18)16-12-6-4-11(5-7-12)3-2-8-14/h4-7,9,16H,8,14H2,1H3. The minimum atomic E-state index is -3.57. The lowest BCUT2D eigenvalue weighted by atomic mass is 10.2. The molecule has 3 N–H and O–H groups in total. The van der Waals surface area contributed by atoms with E-state index in [1.54, 1.807) is 31.2 Å². The summed E-state index contributed by atoms with van der Waals surface area (Å²) in [6.07, 6.45) is 1.35. The zero-order chi connectivity index (χ0) is 14.6. The third-order valence-corrected chi connectivity index (χ3v) is 5.09. The van der Waals surface area contributed by atoms with Crippen molar-refractivity contribution in [3.05, 3.63) is 41.0 Å². The third kappa shape index (κ3) is 3.57. The molecule has 0 bridgehead atoms. The van der Waals surface area contributed by atoms with Gasteiger partial charge in [0.05, 0.1) is 17.7 Å². The van der Waals surface area contributed by atoms with Gasteiger partial charge in [0.15, 0.2) is 4.21 Å². The van der Waals surface area contributed by atoms with Gasteiger partial charge < -0.3 is 5.73 Å². The second-order valence-corrected chi connectivity index (χ2v) is 7.03. The van der Waals surface area contributed by atoms with Gasteiger partial charge in [0.1, 0.15) is 0 Å². The summed E-state index contributed by atoms with van der Waals surface area (Å²) in [5, 5.41) is 0.706. The number of nitrogens with two attached hydrogens (primary N) is 1. The normalized spacial score (nSPS) is 10.7. The van der Waals surface area contributed by atoms with Crippen LogP contribution in [0.2, 0.25) is 0 Å². The van der Waals surface area contributed by atoms with Crippen LogP contribution in [0.4, 0.5) is 5.69 Å². The smallest absolute Gasteiger partial charge is 0.273 e. The molecule has 0 saturated carbocycles. The molecule has 0 fully saturated rings. The third-order valence-electron chi connectivity index (χ3n) is 2.34. The van der Waals surface area contributed by atoms with Crippen molar-refractivity contribution in [1.82, 2.24) is 4.98 Å². The number of thiazole rings is 1. The Morgan fingerprint density at radius 1 is 1.35 bits per heavy atom. The van der Waals surface area contributed by atoms with Crippen LogP contribution in [0.5, 0.6) is 0 Å². The molecule has 104 valence electrons. The molecule has 0 aliphatic carbocycles. The molecule has 0 amide bonds. The zero-order valence-corrected chi connectivity index (χ0v) is 12.4. The van der Waals surface area contributed by atoms with Gasteiger partial charge in [-0.15, -0.1) is 11.3 Å². The second-order valence-electron chi connectivity index (χ2n) is 3.89. The van der Waals surface area contributed by atoms with E-state index < -0.39 is 10.0 Å². The Bertz CT molecular complexity index is 753. The number of hydrogen-bond donors (Lipinski definition) is 2. The summed E-state index contributed by atoms with van der Waals surface area (Å²) in [5.74, 6) is 5.60. The van der Waals surface area contributed by atoms with Crippen LogP contribution in [-0.4, -0.2) is 19.9 Å². The first-order valence-corrected chi connectivity index (χ1v) is 8.05. The average Bonchev–Trinajstić information content (AvgIpc) is 2.85. The van der Waals surface area contributed by atoms with Crippen LogP contribution < -0.4 is 10.5 Å². The maximum absolute atomic E-state index is 12.1. The first-order valence-electron chi connectivity index (χ1n) is 5.75. The van der Waals surface area contributed by atoms with Gasteiger partial charge in [0.2, 0.25) is 0 Å². The summed E-state index contributed by atoms with van der Waals surface area (Å²) >= 11 is 1.13. The summed E-state index contributed by atoms with van der Waals surface area (Å²) in [6, 6.07) is 6.79. The highest BCUT2D eigenvalue weighted by Crippen LogP contribution is 2.21. The first-order chi connectivity index (χ1) is 9.51. The van der Waals surface area contributed by atoms with Crippen LogP contribution in [0.1, 0.15) is 10.6 Å². The molecule has 0 unspecified atom stereocenters. The van der Waals surface area contributed by atoms with Crippen LogP contribution in [0.3, 0.4) is 0 Å². The van der Waals surface area contributed by atoms with Crippen molar-refractivity contribution in [2.75, 3.05) is 11.3 Å². The van der Waals surface area contributed by atoms with Crippen molar-refractivity contribution < 1.29 is 8.42 Å². The van der Waals surface area contributed by atoms with E-state index in [-0.39, 0.29) is 4.21 Å². The van der Waals surface area contributed by atoms with Crippen LogP contribution in [0, 0.1) is 18.8 Å². The Hall–Kier alpha value is -1.88. The molecule has 0 atom stereocenters. The molecule has 1 heterocycles. The van der Waals surface area contributed by atoms with Gasteiger partial charge in [-0.1, -0.05) is 11.8 Å². The fraction of sp³-hybridized carbons (Fsp3) is 0.154. The fourth-order valence-electron chi connectivity index (χ4n) is 1.45. The molecule has 0 aliphatic rings. The van der Waals surface area contributed by atoms with Crippen molar-refractivity contribution in [3.8, 4) is 11.8 Å². The van der Waals surface area contributed by atoms with E-state index in [9.17, 15) is 8.42 Å². The monoisotopic (exact) mass is 307 g/mol. The molecule has 0 aliphatic heterocycles. The molecule has 2 aromatic rings. The highest BCUT2D eigenvalue weighted by atomic mass is 32.2. The van der Waals surface area contributed by atoms with E-state index in [4.69, 9.17) is 5.73 Å². The Kier molecular flexibility index (Phi) is 4.39. The molecule has 0 spiro atoms. The summed E-state index contributed by atoms with van der Waals surface area (Å²) in [5.41, 5.74) is 6.55. The van der Waals surface area contributed by atoms with Crippen molar-refractivity contribution in [2.24, 2.45) is 5.73 Å². The maximum atomic E-state index is 12.1. The molecule has 1 aromatic carbocycles. The van der Waals surface area contributed by atoms with E-state index in [1.165, 1.54) is 6.20 Å². The molecular formula is C13H13N3O2S2. The van der Waals surface area contributed by atoms with Crippen LogP contribution in [0.25, 0.3) is 0 Å². The molecule has 0 radical (unpaired) electrons. The number of aryl methyl sites for hydroxylation is 1. The quantitative estimate of drug-likeness (QED) is 0.843. The summed E-state index contributed by atoms with van der Waals surface area (Å²) in [4.78, 5) is 3.94. The van der Waals surface area contributed by atoms with Gasteiger partial charge in [-0.2, -0.15) is 0 Å². The Balaban J connectivity index is 2.17. The highest BCUT2D eigenvalue weighted by molar-refractivity contribution is 7.94. The lowest BCUT2D eigenvalue weighted by molar-refractivity contribution is 0.603. The first kappa shape index (κ1) is 14.5. The van der Waals surface area contributed by atoms with Crippen LogP contribution in [-0.2, 0) is 10.0 Å². The second kappa shape index (κ2) is 6.05. The number of rotatable bonds is 3. The van der Waals surface area contributed by atoms with E-state index in [0.29, 0.717) is 17.2 Å². The van der Waals surface area contributed by atoms with Gasteiger partial charge in [-0.05, 0) is 31.2 Å². The van der Waals surface area contributed by atoms with Gasteiger partial charge in [-0.25, -0.2) is 13.4 Å². The van der Waals surface area contributed by atoms with E-state index >= 15 is 0 Å². The Labute approximate surface area is 121 Å². The van der Waals surface area contributed by atoms with Gasteiger partial charge in [-0.3, -0.25) is 4.72 Å². The van der Waals surface area contributed by atoms with E-state index in [2.05, 4.69) is 21.5 Å². The van der Waals surface area contributed by atoms with E-state index in [1.807, 2.05) is 0 Å². The lowest BCUT2D eigenvalue weighted by Crippen LogP contribution is -2.11. The molecule has 1 aromatic heterocycles. The van der Waals surface area contributed by atoms with Crippen molar-refractivity contribution >= 4 is 27.0 Å². The summed E-state index contributed by atoms with van der Waals surface area (Å²) < 4.78 is 26.9. The van der Waals surface area contributed by atoms with Crippen LogP contribution >= 0.6 is 11.3 Å². The number of aromatic nitrogens is 1. The fourth-order valence-corrected chi connectivity index (χ4v) is 3.61. The Morgan fingerprint density at radius 2 is 2.05 bits per heavy atom. The minimum absolute atomic E-state index is 0.196. The summed E-state index contributed by atoms with van der Waals surface area (Å²) in [6.45, 7) is 2.05. The molecular weight excluding hydrogens is 294 g/mol. The van der Waals surface area contributed by atoms with E-state index in [0.717, 1.165) is 16.9 Å². The summed E-state index contributed by atoms with van der Waals surface area (Å²) in [7, 11) is -3.57. The maximum Gasteiger partial charge on any atom is 0.273 e. The van der Waals surface area contributed by atoms with Gasteiger partial charge >= 0.3 is 0 Å². The van der Waals surface area contributed by atoms with Crippen molar-refractivity contribution in [3.63, 3.8) is 0 Å². The van der Waals surface area contributed by atoms with Gasteiger partial charge in [0, 0.05) is 11.3 Å². The van der Waals surface area contributed by atoms with Gasteiger partial charge in [0.25, 0.3) is 10.0 Å². The molecule has 20 heavy (non-hydrogen) atoms.